The van der Waals surface area contributed by atoms with Gasteiger partial charge in [-0.2, -0.15) is 0 Å². The van der Waals surface area contributed by atoms with Crippen LogP contribution >= 0.6 is 11.3 Å². The van der Waals surface area contributed by atoms with Crippen LogP contribution in [0.4, 0.5) is 8.78 Å². The van der Waals surface area contributed by atoms with Gasteiger partial charge in [0.15, 0.2) is 5.65 Å². The van der Waals surface area contributed by atoms with E-state index in [2.05, 4.69) is 15.0 Å². The molecule has 7 heteroatoms. The van der Waals surface area contributed by atoms with Crippen molar-refractivity contribution >= 4 is 32.7 Å². The van der Waals surface area contributed by atoms with E-state index in [1.165, 1.54) is 17.4 Å². The van der Waals surface area contributed by atoms with E-state index in [0.29, 0.717) is 17.0 Å². The number of pyridine rings is 1. The van der Waals surface area contributed by atoms with Crippen LogP contribution in [0.3, 0.4) is 0 Å². The van der Waals surface area contributed by atoms with Gasteiger partial charge in [0.05, 0.1) is 21.4 Å². The molecule has 0 aliphatic heterocycles. The highest BCUT2D eigenvalue weighted by Gasteiger charge is 2.18. The van der Waals surface area contributed by atoms with Crippen molar-refractivity contribution in [2.24, 2.45) is 0 Å². The molecule has 0 amide bonds. The Hall–Kier alpha value is -3.19. The number of aromatic nitrogens is 4. The largest absolute Gasteiger partial charge is 0.280 e. The number of hydrogen-bond donors (Lipinski definition) is 0. The molecule has 0 unspecified atom stereocenters. The number of rotatable bonds is 3. The number of thiazole rings is 1. The summed E-state index contributed by atoms with van der Waals surface area (Å²) in [6.45, 7) is 0. The Morgan fingerprint density at radius 2 is 1.70 bits per heavy atom. The molecular formula is C20H12F2N4S. The van der Waals surface area contributed by atoms with Crippen LogP contribution in [0.1, 0.15) is 12.1 Å². The fourth-order valence-electron chi connectivity index (χ4n) is 3.10. The molecule has 132 valence electrons. The lowest BCUT2D eigenvalue weighted by Gasteiger charge is -2.09. The van der Waals surface area contributed by atoms with E-state index < -0.39 is 6.43 Å². The van der Waals surface area contributed by atoms with Gasteiger partial charge >= 0.3 is 0 Å². The van der Waals surface area contributed by atoms with Crippen molar-refractivity contribution in [3.8, 4) is 17.1 Å². The Bertz CT molecular complexity index is 1260. The number of fused-ring (bicyclic) bond motifs is 2. The Morgan fingerprint density at radius 3 is 2.52 bits per heavy atom. The molecule has 0 spiro atoms. The highest BCUT2D eigenvalue weighted by Crippen LogP contribution is 2.31. The molecule has 0 aliphatic carbocycles. The van der Waals surface area contributed by atoms with Crippen molar-refractivity contribution in [2.45, 2.75) is 6.43 Å². The van der Waals surface area contributed by atoms with E-state index in [0.717, 1.165) is 21.5 Å². The Labute approximate surface area is 156 Å². The van der Waals surface area contributed by atoms with Crippen LogP contribution in [-0.4, -0.2) is 19.5 Å². The van der Waals surface area contributed by atoms with Gasteiger partial charge in [0.25, 0.3) is 6.43 Å². The van der Waals surface area contributed by atoms with E-state index >= 15 is 0 Å². The summed E-state index contributed by atoms with van der Waals surface area (Å²) < 4.78 is 29.3. The van der Waals surface area contributed by atoms with Crippen LogP contribution in [-0.2, 0) is 0 Å². The molecule has 5 aromatic rings. The van der Waals surface area contributed by atoms with Gasteiger partial charge in [0, 0.05) is 5.56 Å². The molecule has 0 aliphatic rings. The molecular weight excluding hydrogens is 366 g/mol. The average molecular weight is 378 g/mol. The van der Waals surface area contributed by atoms with Crippen molar-refractivity contribution < 1.29 is 8.78 Å². The van der Waals surface area contributed by atoms with Gasteiger partial charge in [-0.3, -0.25) is 4.57 Å². The number of alkyl halides is 2. The quantitative estimate of drug-likeness (QED) is 0.408. The summed E-state index contributed by atoms with van der Waals surface area (Å²) in [4.78, 5) is 13.2. The maximum Gasteiger partial charge on any atom is 0.280 e. The van der Waals surface area contributed by atoms with Crippen molar-refractivity contribution in [3.05, 3.63) is 71.9 Å². The van der Waals surface area contributed by atoms with E-state index in [1.807, 2.05) is 53.1 Å². The molecule has 4 nitrogen and oxygen atoms in total. The monoisotopic (exact) mass is 378 g/mol. The molecule has 5 rings (SSSR count). The highest BCUT2D eigenvalue weighted by atomic mass is 32.1. The van der Waals surface area contributed by atoms with Crippen LogP contribution < -0.4 is 0 Å². The third-order valence-corrected chi connectivity index (χ3v) is 5.15. The van der Waals surface area contributed by atoms with E-state index in [9.17, 15) is 8.78 Å². The first-order chi connectivity index (χ1) is 13.2. The predicted molar refractivity (Wildman–Crippen MR) is 102 cm³/mol. The molecule has 2 aromatic carbocycles. The highest BCUT2D eigenvalue weighted by molar-refractivity contribution is 7.16. The Kier molecular flexibility index (Phi) is 3.68. The Morgan fingerprint density at radius 1 is 0.889 bits per heavy atom. The maximum absolute atomic E-state index is 13.2. The minimum atomic E-state index is -2.64. The molecule has 0 radical (unpaired) electrons. The number of nitrogens with zero attached hydrogens (tertiary/aromatic N) is 4. The second kappa shape index (κ2) is 6.21. The van der Waals surface area contributed by atoms with Gasteiger partial charge in [-0.05, 0) is 30.3 Å². The van der Waals surface area contributed by atoms with Gasteiger partial charge < -0.3 is 0 Å². The summed E-state index contributed by atoms with van der Waals surface area (Å²) >= 11 is 1.53. The first-order valence-corrected chi connectivity index (χ1v) is 9.15. The van der Waals surface area contributed by atoms with Crippen molar-refractivity contribution in [1.29, 1.82) is 0 Å². The van der Waals surface area contributed by atoms with Gasteiger partial charge in [0.1, 0.15) is 17.0 Å². The molecule has 0 N–H and O–H groups in total. The first-order valence-electron chi connectivity index (χ1n) is 8.27. The zero-order valence-corrected chi connectivity index (χ0v) is 14.7. The summed E-state index contributed by atoms with van der Waals surface area (Å²) in [5.41, 5.74) is 5.10. The van der Waals surface area contributed by atoms with E-state index in [1.54, 1.807) is 11.6 Å². The lowest BCUT2D eigenvalue weighted by Crippen LogP contribution is -2.00. The molecule has 0 bridgehead atoms. The summed E-state index contributed by atoms with van der Waals surface area (Å²) in [6.07, 6.45) is -2.64. The average Bonchev–Trinajstić information content (AvgIpc) is 3.31. The lowest BCUT2D eigenvalue weighted by molar-refractivity contribution is 0.146. The van der Waals surface area contributed by atoms with Crippen LogP contribution in [0.2, 0.25) is 0 Å². The second-order valence-electron chi connectivity index (χ2n) is 6.02. The second-order valence-corrected chi connectivity index (χ2v) is 6.91. The number of halogens is 2. The minimum absolute atomic E-state index is 0.262. The number of benzene rings is 2. The predicted octanol–water partition coefficient (Wildman–Crippen LogP) is 5.63. The van der Waals surface area contributed by atoms with Crippen molar-refractivity contribution in [3.63, 3.8) is 0 Å². The molecule has 0 fully saturated rings. The van der Waals surface area contributed by atoms with Gasteiger partial charge in [-0.25, -0.2) is 23.7 Å². The summed E-state index contributed by atoms with van der Waals surface area (Å²) in [5, 5.41) is 0. The minimum Gasteiger partial charge on any atom is -0.277 e. The zero-order valence-electron chi connectivity index (χ0n) is 13.9. The summed E-state index contributed by atoms with van der Waals surface area (Å²) in [7, 11) is 0. The normalized spacial score (nSPS) is 11.7. The lowest BCUT2D eigenvalue weighted by atomic mass is 10.2. The van der Waals surface area contributed by atoms with E-state index in [-0.39, 0.29) is 5.69 Å². The molecule has 0 saturated carbocycles. The number of hydrogen-bond acceptors (Lipinski definition) is 4. The van der Waals surface area contributed by atoms with Gasteiger partial charge in [0.2, 0.25) is 0 Å². The standard InChI is InChI=1S/C20H12F2N4S/c21-18(22)15-8-9-16-20(24-15)26(19(25-16)12-4-2-1-3-5-12)13-6-7-14-17(10-13)27-11-23-14/h1-11,18H. The SMILES string of the molecule is FC(F)c1ccc2nc(-c3ccccc3)n(-c3ccc4ncsc4c3)c2n1. The van der Waals surface area contributed by atoms with Crippen LogP contribution in [0, 0.1) is 0 Å². The molecule has 3 aromatic heterocycles. The first kappa shape index (κ1) is 16.0. The molecule has 0 atom stereocenters. The molecule has 0 saturated heterocycles. The van der Waals surface area contributed by atoms with Crippen molar-refractivity contribution in [2.75, 3.05) is 0 Å². The third-order valence-electron chi connectivity index (χ3n) is 4.35. The zero-order chi connectivity index (χ0) is 18.4. The van der Waals surface area contributed by atoms with Crippen LogP contribution in [0.25, 0.3) is 38.5 Å². The maximum atomic E-state index is 13.2. The summed E-state index contributed by atoms with van der Waals surface area (Å²) in [5.74, 6) is 0.661. The molecule has 3 heterocycles. The number of imidazole rings is 1. The van der Waals surface area contributed by atoms with Gasteiger partial charge in [-0.1, -0.05) is 30.3 Å². The fourth-order valence-corrected chi connectivity index (χ4v) is 3.81. The topological polar surface area (TPSA) is 43.6 Å². The molecule has 27 heavy (non-hydrogen) atoms. The van der Waals surface area contributed by atoms with Gasteiger partial charge in [-0.15, -0.1) is 11.3 Å². The van der Waals surface area contributed by atoms with Crippen LogP contribution in [0.15, 0.2) is 66.2 Å². The summed E-state index contributed by atoms with van der Waals surface area (Å²) in [6, 6.07) is 18.4. The van der Waals surface area contributed by atoms with Crippen LogP contribution in [0.5, 0.6) is 0 Å². The fraction of sp³-hybridized carbons (Fsp3) is 0.0500. The van der Waals surface area contributed by atoms with Crippen molar-refractivity contribution in [1.82, 2.24) is 19.5 Å². The third kappa shape index (κ3) is 2.67. The van der Waals surface area contributed by atoms with E-state index in [4.69, 9.17) is 0 Å². The Balaban J connectivity index is 1.84. The smallest absolute Gasteiger partial charge is 0.277 e.